The lowest BCUT2D eigenvalue weighted by Crippen LogP contribution is -2.57. The monoisotopic (exact) mass is 515 g/mol. The van der Waals surface area contributed by atoms with Crippen LogP contribution in [0.4, 0.5) is 38.1 Å². The Labute approximate surface area is 200 Å². The molecule has 2 N–H and O–H groups in total. The van der Waals surface area contributed by atoms with Gasteiger partial charge in [-0.1, -0.05) is 0 Å². The highest BCUT2D eigenvalue weighted by molar-refractivity contribution is 5.89. The Morgan fingerprint density at radius 3 is 2.75 bits per heavy atom. The maximum absolute atomic E-state index is 13.2. The number of ether oxygens (including phenoxy) is 1. The molecule has 1 aliphatic rings. The molecule has 15 heteroatoms. The molecule has 3 aromatic heterocycles. The van der Waals surface area contributed by atoms with Crippen molar-refractivity contribution in [3.63, 3.8) is 0 Å². The predicted molar refractivity (Wildman–Crippen MR) is 119 cm³/mol. The van der Waals surface area contributed by atoms with E-state index in [9.17, 15) is 31.5 Å². The number of pyridine rings is 2. The van der Waals surface area contributed by atoms with E-state index in [0.29, 0.717) is 34.7 Å². The van der Waals surface area contributed by atoms with Gasteiger partial charge in [-0.2, -0.15) is 27.1 Å². The number of likely N-dealkylation sites (N-methyl/N-ethyl adjacent to an activating group) is 1. The fourth-order valence-electron chi connectivity index (χ4n) is 4.16. The topological polar surface area (TPSA) is 108 Å². The first-order chi connectivity index (χ1) is 16.9. The van der Waals surface area contributed by atoms with Crippen LogP contribution in [0.5, 0.6) is 0 Å². The lowest BCUT2D eigenvalue weighted by Gasteiger charge is -2.42. The molecule has 194 valence electrons. The Morgan fingerprint density at radius 2 is 2.06 bits per heavy atom. The van der Waals surface area contributed by atoms with Crippen LogP contribution in [0.2, 0.25) is 0 Å². The van der Waals surface area contributed by atoms with Gasteiger partial charge >= 0.3 is 18.8 Å². The number of rotatable bonds is 5. The van der Waals surface area contributed by atoms with E-state index in [1.54, 1.807) is 23.4 Å². The molecule has 0 aliphatic carbocycles. The first kappa shape index (κ1) is 25.3. The van der Waals surface area contributed by atoms with Crippen LogP contribution >= 0.6 is 0 Å². The fourth-order valence-corrected chi connectivity index (χ4v) is 4.16. The molecule has 0 aromatic carbocycles. The van der Waals surface area contributed by atoms with Gasteiger partial charge in [0.2, 0.25) is 0 Å². The van der Waals surface area contributed by atoms with Gasteiger partial charge in [0.25, 0.3) is 5.56 Å². The first-order valence-corrected chi connectivity index (χ1v) is 10.7. The number of carbonyl (C=O) groups excluding carboxylic acids is 1. The van der Waals surface area contributed by atoms with E-state index in [0.717, 1.165) is 17.3 Å². The molecule has 0 radical (unpaired) electrons. The van der Waals surface area contributed by atoms with Crippen molar-refractivity contribution in [2.24, 2.45) is 7.05 Å². The summed E-state index contributed by atoms with van der Waals surface area (Å²) in [5.74, 6) is 0. The van der Waals surface area contributed by atoms with Crippen LogP contribution in [-0.2, 0) is 18.0 Å². The number of aromatic nitrogens is 4. The number of hydrogen-bond donors (Lipinski definition) is 2. The zero-order chi connectivity index (χ0) is 26.2. The third kappa shape index (κ3) is 5.24. The second kappa shape index (κ2) is 9.72. The van der Waals surface area contributed by atoms with E-state index in [4.69, 9.17) is 4.74 Å². The van der Waals surface area contributed by atoms with Gasteiger partial charge in [0.15, 0.2) is 5.65 Å². The first-order valence-electron chi connectivity index (χ1n) is 10.7. The number of fused-ring (bicyclic) bond motifs is 1. The molecule has 0 saturated carbocycles. The summed E-state index contributed by atoms with van der Waals surface area (Å²) in [6.45, 7) is -2.79. The standard InChI is InChI=1S/C21H22F5N7O3/c1-31-9-12(21(24,25)26)6-14(18(31)34)29-20(35)32(2)15-3-4-33(10-16(15)36-19(22)23)13-5-11-7-28-30-17(11)27-8-13/h5-9,15-16,19H,3-4,10H2,1-2H3,(H,29,35)(H,27,28,30). The third-order valence-electron chi connectivity index (χ3n) is 6.01. The van der Waals surface area contributed by atoms with Crippen molar-refractivity contribution >= 4 is 28.4 Å². The highest BCUT2D eigenvalue weighted by Gasteiger charge is 2.37. The van der Waals surface area contributed by atoms with Crippen molar-refractivity contribution in [2.75, 3.05) is 30.4 Å². The minimum atomic E-state index is -4.74. The summed E-state index contributed by atoms with van der Waals surface area (Å²) < 4.78 is 71.4. The van der Waals surface area contributed by atoms with Crippen molar-refractivity contribution in [2.45, 2.75) is 31.4 Å². The average molecular weight is 515 g/mol. The number of halogens is 5. The summed E-state index contributed by atoms with van der Waals surface area (Å²) in [4.78, 5) is 32.2. The minimum absolute atomic E-state index is 0.0109. The number of piperidine rings is 1. The average Bonchev–Trinajstić information content (AvgIpc) is 3.28. The number of anilines is 2. The van der Waals surface area contributed by atoms with Crippen LogP contribution in [-0.4, -0.2) is 69.6 Å². The number of aromatic amines is 1. The van der Waals surface area contributed by atoms with Gasteiger partial charge in [0.1, 0.15) is 11.8 Å². The SMILES string of the molecule is CN(C(=O)Nc1cc(C(F)(F)F)cn(C)c1=O)C1CCN(c2cnc3[nH]ncc3c2)CC1OC(F)F. The summed E-state index contributed by atoms with van der Waals surface area (Å²) in [5, 5.41) is 9.50. The number of aryl methyl sites for hydroxylation is 1. The maximum Gasteiger partial charge on any atom is 0.417 e. The largest absolute Gasteiger partial charge is 0.417 e. The smallest absolute Gasteiger partial charge is 0.367 e. The molecule has 4 heterocycles. The zero-order valence-corrected chi connectivity index (χ0v) is 19.1. The third-order valence-corrected chi connectivity index (χ3v) is 6.01. The van der Waals surface area contributed by atoms with Crippen LogP contribution in [0.25, 0.3) is 11.0 Å². The van der Waals surface area contributed by atoms with Crippen LogP contribution in [0.3, 0.4) is 0 Å². The van der Waals surface area contributed by atoms with Crippen LogP contribution in [0.15, 0.2) is 35.5 Å². The Kier molecular flexibility index (Phi) is 6.84. The van der Waals surface area contributed by atoms with E-state index < -0.39 is 47.8 Å². The summed E-state index contributed by atoms with van der Waals surface area (Å²) in [7, 11) is 2.42. The summed E-state index contributed by atoms with van der Waals surface area (Å²) >= 11 is 0. The molecule has 3 aromatic rings. The van der Waals surface area contributed by atoms with E-state index >= 15 is 0 Å². The molecule has 0 bridgehead atoms. The lowest BCUT2D eigenvalue weighted by molar-refractivity contribution is -0.176. The van der Waals surface area contributed by atoms with Gasteiger partial charge in [-0.15, -0.1) is 0 Å². The highest BCUT2D eigenvalue weighted by Crippen LogP contribution is 2.30. The van der Waals surface area contributed by atoms with E-state index in [-0.39, 0.29) is 13.0 Å². The molecule has 1 fully saturated rings. The number of nitrogens with zero attached hydrogens (tertiary/aromatic N) is 5. The minimum Gasteiger partial charge on any atom is -0.367 e. The molecule has 2 unspecified atom stereocenters. The molecule has 2 amide bonds. The fraction of sp³-hybridized carbons (Fsp3) is 0.429. The van der Waals surface area contributed by atoms with Gasteiger partial charge in [-0.25, -0.2) is 9.78 Å². The molecular weight excluding hydrogens is 493 g/mol. The number of hydrogen-bond acceptors (Lipinski definition) is 6. The van der Waals surface area contributed by atoms with Crippen LogP contribution in [0, 0.1) is 0 Å². The van der Waals surface area contributed by atoms with E-state index in [1.165, 1.54) is 7.05 Å². The number of amides is 2. The Hall–Kier alpha value is -3.75. The molecule has 2 atom stereocenters. The summed E-state index contributed by atoms with van der Waals surface area (Å²) in [6, 6.07) is 0.526. The Bertz CT molecular complexity index is 1310. The summed E-state index contributed by atoms with van der Waals surface area (Å²) in [5.41, 5.74) is -1.37. The lowest BCUT2D eigenvalue weighted by atomic mass is 10.00. The molecule has 4 rings (SSSR count). The second-order valence-electron chi connectivity index (χ2n) is 8.34. The van der Waals surface area contributed by atoms with Crippen molar-refractivity contribution < 1.29 is 31.5 Å². The van der Waals surface area contributed by atoms with Gasteiger partial charge in [-0.05, 0) is 18.6 Å². The van der Waals surface area contributed by atoms with Crippen LogP contribution < -0.4 is 15.8 Å². The van der Waals surface area contributed by atoms with Crippen LogP contribution in [0.1, 0.15) is 12.0 Å². The van der Waals surface area contributed by atoms with Crippen molar-refractivity contribution in [3.05, 3.63) is 46.6 Å². The molecule has 36 heavy (non-hydrogen) atoms. The van der Waals surface area contributed by atoms with Gasteiger partial charge in [0.05, 0.1) is 29.7 Å². The van der Waals surface area contributed by atoms with E-state index in [2.05, 4.69) is 20.5 Å². The number of carbonyl (C=O) groups is 1. The van der Waals surface area contributed by atoms with E-state index in [1.807, 2.05) is 0 Å². The molecule has 0 spiro atoms. The molecule has 10 nitrogen and oxygen atoms in total. The number of nitrogens with one attached hydrogen (secondary N) is 2. The predicted octanol–water partition coefficient (Wildman–Crippen LogP) is 3.03. The van der Waals surface area contributed by atoms with Crippen molar-refractivity contribution in [3.8, 4) is 0 Å². The van der Waals surface area contributed by atoms with Gasteiger partial charge in [-0.3, -0.25) is 9.89 Å². The normalized spacial score (nSPS) is 18.6. The summed E-state index contributed by atoms with van der Waals surface area (Å²) in [6.07, 6.45) is -1.94. The van der Waals surface area contributed by atoms with Crippen molar-refractivity contribution in [1.29, 1.82) is 0 Å². The highest BCUT2D eigenvalue weighted by atomic mass is 19.4. The second-order valence-corrected chi connectivity index (χ2v) is 8.34. The zero-order valence-electron chi connectivity index (χ0n) is 19.1. The molecular formula is C21H22F5N7O3. The number of urea groups is 1. The van der Waals surface area contributed by atoms with Gasteiger partial charge < -0.3 is 24.4 Å². The quantitative estimate of drug-likeness (QED) is 0.506. The Balaban J connectivity index is 1.52. The maximum atomic E-state index is 13.2. The number of H-pyrrole nitrogens is 1. The molecule has 1 aliphatic heterocycles. The number of alkyl halides is 5. The molecule has 1 saturated heterocycles. The van der Waals surface area contributed by atoms with Crippen molar-refractivity contribution in [1.82, 2.24) is 24.6 Å². The van der Waals surface area contributed by atoms with Gasteiger partial charge in [0, 0.05) is 38.8 Å². The Morgan fingerprint density at radius 1 is 1.31 bits per heavy atom.